The van der Waals surface area contributed by atoms with E-state index >= 15 is 0 Å². The van der Waals surface area contributed by atoms with Crippen molar-refractivity contribution in [1.29, 1.82) is 0 Å². The van der Waals surface area contributed by atoms with Crippen molar-refractivity contribution in [1.82, 2.24) is 10.2 Å². The van der Waals surface area contributed by atoms with Gasteiger partial charge in [-0.15, -0.1) is 0 Å². The van der Waals surface area contributed by atoms with Crippen LogP contribution in [0.3, 0.4) is 0 Å². The van der Waals surface area contributed by atoms with Crippen LogP contribution in [-0.2, 0) is 14.3 Å². The van der Waals surface area contributed by atoms with Gasteiger partial charge in [-0.05, 0) is 32.2 Å². The Hall–Kier alpha value is -2.35. The number of imide groups is 1. The molecular weight excluding hydrogens is 344 g/mol. The monoisotopic (exact) mass is 364 g/mol. The standard InChI is InChI=1S/C17H20N2O5S/c1-4-18-14(20)10(2)24-17(23)13(9-25-3)19-15(21)11-7-5-6-8-12(11)16(19)22/h5-8,10,13H,4,9H2,1-3H3,(H,18,20)/t10-,13+/m1/s1. The minimum atomic E-state index is -1.08. The maximum Gasteiger partial charge on any atom is 0.331 e. The van der Waals surface area contributed by atoms with Gasteiger partial charge in [-0.25, -0.2) is 4.79 Å². The highest BCUT2D eigenvalue weighted by molar-refractivity contribution is 7.98. The van der Waals surface area contributed by atoms with Gasteiger partial charge in [0.25, 0.3) is 17.7 Å². The highest BCUT2D eigenvalue weighted by Gasteiger charge is 2.43. The lowest BCUT2D eigenvalue weighted by molar-refractivity contribution is -0.157. The number of likely N-dealkylation sites (N-methyl/N-ethyl adjacent to an activating group) is 1. The smallest absolute Gasteiger partial charge is 0.331 e. The van der Waals surface area contributed by atoms with Gasteiger partial charge >= 0.3 is 5.97 Å². The summed E-state index contributed by atoms with van der Waals surface area (Å²) in [6.07, 6.45) is 0.748. The Kier molecular flexibility index (Phi) is 6.19. The Morgan fingerprint density at radius 3 is 2.24 bits per heavy atom. The quantitative estimate of drug-likeness (QED) is 0.575. The lowest BCUT2D eigenvalue weighted by Gasteiger charge is -2.25. The molecule has 1 heterocycles. The normalized spacial score (nSPS) is 15.6. The number of nitrogens with one attached hydrogen (secondary N) is 1. The molecule has 0 aromatic heterocycles. The first-order valence-corrected chi connectivity index (χ1v) is 9.25. The predicted molar refractivity (Wildman–Crippen MR) is 93.3 cm³/mol. The third-order valence-electron chi connectivity index (χ3n) is 3.75. The molecule has 3 amide bonds. The Morgan fingerprint density at radius 2 is 1.76 bits per heavy atom. The molecule has 1 aliphatic heterocycles. The molecule has 25 heavy (non-hydrogen) atoms. The van der Waals surface area contributed by atoms with Crippen LogP contribution in [0.25, 0.3) is 0 Å². The zero-order chi connectivity index (χ0) is 18.6. The summed E-state index contributed by atoms with van der Waals surface area (Å²) >= 11 is 1.31. The maximum absolute atomic E-state index is 12.6. The van der Waals surface area contributed by atoms with Crippen molar-refractivity contribution in [2.24, 2.45) is 0 Å². The number of nitrogens with zero attached hydrogens (tertiary/aromatic N) is 1. The number of benzene rings is 1. The third kappa shape index (κ3) is 3.84. The molecule has 8 heteroatoms. The molecule has 134 valence electrons. The fraction of sp³-hybridized carbons (Fsp3) is 0.412. The van der Waals surface area contributed by atoms with Crippen molar-refractivity contribution < 1.29 is 23.9 Å². The molecule has 0 fully saturated rings. The maximum atomic E-state index is 12.6. The topological polar surface area (TPSA) is 92.8 Å². The van der Waals surface area contributed by atoms with E-state index in [1.807, 2.05) is 0 Å². The van der Waals surface area contributed by atoms with Crippen molar-refractivity contribution >= 4 is 35.5 Å². The molecule has 7 nitrogen and oxygen atoms in total. The second-order valence-electron chi connectivity index (χ2n) is 5.47. The molecule has 0 aliphatic carbocycles. The summed E-state index contributed by atoms with van der Waals surface area (Å²) in [6, 6.07) is 5.33. The van der Waals surface area contributed by atoms with E-state index in [0.29, 0.717) is 6.54 Å². The second kappa shape index (κ2) is 8.15. The molecule has 2 rings (SSSR count). The number of thioether (sulfide) groups is 1. The first-order chi connectivity index (χ1) is 11.9. The SMILES string of the molecule is CCNC(=O)[C@@H](C)OC(=O)[C@H](CSC)N1C(=O)c2ccccc2C1=O. The summed E-state index contributed by atoms with van der Waals surface area (Å²) < 4.78 is 5.18. The highest BCUT2D eigenvalue weighted by atomic mass is 32.2. The van der Waals surface area contributed by atoms with Crippen molar-refractivity contribution in [3.05, 3.63) is 35.4 Å². The molecule has 2 atom stereocenters. The zero-order valence-corrected chi connectivity index (χ0v) is 15.1. The van der Waals surface area contributed by atoms with Crippen molar-refractivity contribution in [2.45, 2.75) is 26.0 Å². The van der Waals surface area contributed by atoms with E-state index in [9.17, 15) is 19.2 Å². The lowest BCUT2D eigenvalue weighted by atomic mass is 10.1. The van der Waals surface area contributed by atoms with Crippen LogP contribution in [0.4, 0.5) is 0 Å². The molecule has 1 aliphatic rings. The van der Waals surface area contributed by atoms with E-state index in [2.05, 4.69) is 5.32 Å². The number of fused-ring (bicyclic) bond motifs is 1. The Labute approximate surface area is 150 Å². The molecule has 1 N–H and O–H groups in total. The summed E-state index contributed by atoms with van der Waals surface area (Å²) in [5, 5.41) is 2.55. The Balaban J connectivity index is 2.21. The van der Waals surface area contributed by atoms with Gasteiger partial charge in [0.15, 0.2) is 6.10 Å². The van der Waals surface area contributed by atoms with Gasteiger partial charge in [-0.3, -0.25) is 19.3 Å². The van der Waals surface area contributed by atoms with Gasteiger partial charge in [0.05, 0.1) is 11.1 Å². The second-order valence-corrected chi connectivity index (χ2v) is 6.38. The van der Waals surface area contributed by atoms with Crippen LogP contribution >= 0.6 is 11.8 Å². The van der Waals surface area contributed by atoms with Gasteiger partial charge in [-0.1, -0.05) is 12.1 Å². The molecule has 1 aromatic carbocycles. The first-order valence-electron chi connectivity index (χ1n) is 7.86. The Bertz CT molecular complexity index is 671. The number of carbonyl (C=O) groups excluding carboxylic acids is 4. The molecule has 1 aromatic rings. The van der Waals surface area contributed by atoms with Crippen LogP contribution in [0.5, 0.6) is 0 Å². The van der Waals surface area contributed by atoms with Crippen LogP contribution in [0.15, 0.2) is 24.3 Å². The summed E-state index contributed by atoms with van der Waals surface area (Å²) in [6.45, 7) is 3.61. The van der Waals surface area contributed by atoms with E-state index in [1.54, 1.807) is 37.4 Å². The number of hydrogen-bond acceptors (Lipinski definition) is 6. The molecule has 0 bridgehead atoms. The highest BCUT2D eigenvalue weighted by Crippen LogP contribution is 2.26. The Morgan fingerprint density at radius 1 is 1.20 bits per heavy atom. The van der Waals surface area contributed by atoms with E-state index in [4.69, 9.17) is 4.74 Å². The summed E-state index contributed by atoms with van der Waals surface area (Å²) in [5.74, 6) is -2.07. The van der Waals surface area contributed by atoms with E-state index in [0.717, 1.165) is 4.90 Å². The number of rotatable bonds is 7. The minimum Gasteiger partial charge on any atom is -0.451 e. The van der Waals surface area contributed by atoms with Gasteiger partial charge in [0, 0.05) is 12.3 Å². The molecule has 0 saturated heterocycles. The number of carbonyl (C=O) groups is 4. The average molecular weight is 364 g/mol. The van der Waals surface area contributed by atoms with E-state index in [-0.39, 0.29) is 16.9 Å². The van der Waals surface area contributed by atoms with Crippen LogP contribution < -0.4 is 5.32 Å². The van der Waals surface area contributed by atoms with E-state index < -0.39 is 35.8 Å². The summed E-state index contributed by atoms with van der Waals surface area (Å²) in [5.41, 5.74) is 0.534. The fourth-order valence-corrected chi connectivity index (χ4v) is 3.12. The number of amides is 3. The van der Waals surface area contributed by atoms with Crippen LogP contribution in [0.2, 0.25) is 0 Å². The molecular formula is C17H20N2O5S. The first kappa shape index (κ1) is 19.0. The summed E-state index contributed by atoms with van der Waals surface area (Å²) in [7, 11) is 0. The molecule has 0 radical (unpaired) electrons. The fourth-order valence-electron chi connectivity index (χ4n) is 2.52. The zero-order valence-electron chi connectivity index (χ0n) is 14.3. The van der Waals surface area contributed by atoms with Crippen molar-refractivity contribution in [3.8, 4) is 0 Å². The summed E-state index contributed by atoms with van der Waals surface area (Å²) in [4.78, 5) is 50.3. The van der Waals surface area contributed by atoms with Crippen molar-refractivity contribution in [2.75, 3.05) is 18.6 Å². The van der Waals surface area contributed by atoms with Crippen LogP contribution in [0, 0.1) is 0 Å². The number of esters is 1. The van der Waals surface area contributed by atoms with E-state index in [1.165, 1.54) is 18.7 Å². The van der Waals surface area contributed by atoms with Gasteiger partial charge in [0.1, 0.15) is 6.04 Å². The van der Waals surface area contributed by atoms with Crippen LogP contribution in [-0.4, -0.2) is 59.3 Å². The van der Waals surface area contributed by atoms with Crippen molar-refractivity contribution in [3.63, 3.8) is 0 Å². The third-order valence-corrected chi connectivity index (χ3v) is 4.40. The van der Waals surface area contributed by atoms with Gasteiger partial charge in [-0.2, -0.15) is 11.8 Å². The lowest BCUT2D eigenvalue weighted by Crippen LogP contribution is -2.49. The average Bonchev–Trinajstić information content (AvgIpc) is 2.84. The van der Waals surface area contributed by atoms with Gasteiger partial charge in [0.2, 0.25) is 0 Å². The minimum absolute atomic E-state index is 0.187. The molecule has 0 spiro atoms. The number of hydrogen-bond donors (Lipinski definition) is 1. The molecule has 0 unspecified atom stereocenters. The van der Waals surface area contributed by atoms with Crippen LogP contribution in [0.1, 0.15) is 34.6 Å². The molecule has 0 saturated carbocycles. The number of ether oxygens (including phenoxy) is 1. The largest absolute Gasteiger partial charge is 0.451 e. The predicted octanol–water partition coefficient (Wildman–Crippen LogP) is 1.08. The van der Waals surface area contributed by atoms with Gasteiger partial charge < -0.3 is 10.1 Å².